The molecule has 1 aliphatic rings. The number of nitrogens with two attached hydrogens (primary N) is 1. The number of hydrogen-bond donors (Lipinski definition) is 4. The van der Waals surface area contributed by atoms with E-state index in [1.807, 2.05) is 6.07 Å². The van der Waals surface area contributed by atoms with E-state index in [2.05, 4.69) is 20.9 Å². The summed E-state index contributed by atoms with van der Waals surface area (Å²) in [6, 6.07) is 12.0. The summed E-state index contributed by atoms with van der Waals surface area (Å²) in [4.78, 5) is 28.5. The number of carbonyl (C=O) groups excluding carboxylic acids is 2. The van der Waals surface area contributed by atoms with E-state index in [4.69, 9.17) is 20.1 Å². The van der Waals surface area contributed by atoms with Crippen molar-refractivity contribution in [3.8, 4) is 17.0 Å². The lowest BCUT2D eigenvalue weighted by Gasteiger charge is -2.13. The Kier molecular flexibility index (Phi) is 7.13. The molecule has 1 fully saturated rings. The number of amides is 3. The Morgan fingerprint density at radius 3 is 2.74 bits per heavy atom. The molecule has 0 aliphatic carbocycles. The predicted molar refractivity (Wildman–Crippen MR) is 126 cm³/mol. The molecule has 11 heteroatoms. The summed E-state index contributed by atoms with van der Waals surface area (Å²) in [6.07, 6.45) is 3.12. The average molecular weight is 466 g/mol. The zero-order valence-electron chi connectivity index (χ0n) is 18.6. The fourth-order valence-corrected chi connectivity index (χ4v) is 3.52. The monoisotopic (exact) mass is 466 g/mol. The summed E-state index contributed by atoms with van der Waals surface area (Å²) >= 11 is 0. The maximum atomic E-state index is 12.5. The van der Waals surface area contributed by atoms with Crippen LogP contribution in [-0.4, -0.2) is 48.2 Å². The topological polar surface area (TPSA) is 142 Å². The van der Waals surface area contributed by atoms with Crippen molar-refractivity contribution in [2.24, 2.45) is 0 Å². The molecule has 0 saturated carbocycles. The van der Waals surface area contributed by atoms with Crippen molar-refractivity contribution in [1.29, 1.82) is 0 Å². The van der Waals surface area contributed by atoms with Gasteiger partial charge in [-0.3, -0.25) is 0 Å². The van der Waals surface area contributed by atoms with Crippen molar-refractivity contribution >= 4 is 23.5 Å². The van der Waals surface area contributed by atoms with Gasteiger partial charge < -0.3 is 36.0 Å². The van der Waals surface area contributed by atoms with E-state index in [0.29, 0.717) is 42.5 Å². The Bertz CT molecular complexity index is 1160. The number of ether oxygens (including phenoxy) is 3. The van der Waals surface area contributed by atoms with Crippen LogP contribution in [0.25, 0.3) is 11.3 Å². The van der Waals surface area contributed by atoms with Crippen LogP contribution in [0.4, 0.5) is 21.0 Å². The number of rotatable bonds is 7. The Hall–Kier alpha value is -4.25. The summed E-state index contributed by atoms with van der Waals surface area (Å²) in [5.74, 6) is 6.41. The number of anilines is 2. The number of alkyl carbamates (subject to hydrolysis) is 1. The third-order valence-corrected chi connectivity index (χ3v) is 5.18. The van der Waals surface area contributed by atoms with Gasteiger partial charge in [-0.1, -0.05) is 12.1 Å². The molecule has 3 aromatic rings. The van der Waals surface area contributed by atoms with Crippen LogP contribution in [0.3, 0.4) is 0 Å². The lowest BCUT2D eigenvalue weighted by Crippen LogP contribution is -2.28. The van der Waals surface area contributed by atoms with Crippen LogP contribution in [0.1, 0.15) is 12.0 Å². The molecule has 0 bridgehead atoms. The van der Waals surface area contributed by atoms with Gasteiger partial charge in [-0.25, -0.2) is 19.2 Å². The smallest absolute Gasteiger partial charge is 0.407 e. The quantitative estimate of drug-likeness (QED) is 0.392. The van der Waals surface area contributed by atoms with Gasteiger partial charge in [-0.15, -0.1) is 0 Å². The highest BCUT2D eigenvalue weighted by atomic mass is 16.6. The molecule has 11 nitrogen and oxygen atoms in total. The van der Waals surface area contributed by atoms with Gasteiger partial charge in [-0.2, -0.15) is 0 Å². The normalized spacial score (nSPS) is 14.9. The number of aromatic nitrogens is 2. The van der Waals surface area contributed by atoms with Crippen molar-refractivity contribution in [3.05, 3.63) is 60.6 Å². The minimum Gasteiger partial charge on any atom is -0.496 e. The predicted octanol–water partition coefficient (Wildman–Crippen LogP) is 2.93. The molecule has 3 amide bonds. The van der Waals surface area contributed by atoms with E-state index < -0.39 is 12.1 Å². The van der Waals surface area contributed by atoms with Crippen LogP contribution < -0.4 is 26.5 Å². The first-order valence-corrected chi connectivity index (χ1v) is 10.7. The second-order valence-corrected chi connectivity index (χ2v) is 7.63. The molecule has 1 saturated heterocycles. The first kappa shape index (κ1) is 22.9. The van der Waals surface area contributed by atoms with Gasteiger partial charge in [0, 0.05) is 36.0 Å². The SMILES string of the molecule is COc1cc(NC(=O)Nc2cccc(CNC(=O)O[C@H]3CCOC3)c2)ccc1-c1cncn1N. The van der Waals surface area contributed by atoms with Gasteiger partial charge in [0.2, 0.25) is 0 Å². The minimum absolute atomic E-state index is 0.207. The van der Waals surface area contributed by atoms with E-state index >= 15 is 0 Å². The molecule has 34 heavy (non-hydrogen) atoms. The molecule has 0 spiro atoms. The maximum Gasteiger partial charge on any atom is 0.407 e. The zero-order valence-corrected chi connectivity index (χ0v) is 18.6. The lowest BCUT2D eigenvalue weighted by atomic mass is 10.1. The highest BCUT2D eigenvalue weighted by molar-refractivity contribution is 6.00. The highest BCUT2D eigenvalue weighted by Crippen LogP contribution is 2.31. The van der Waals surface area contributed by atoms with Gasteiger partial charge in [0.25, 0.3) is 0 Å². The van der Waals surface area contributed by atoms with Gasteiger partial charge in [0.05, 0.1) is 32.2 Å². The van der Waals surface area contributed by atoms with Crippen LogP contribution in [0.5, 0.6) is 5.75 Å². The van der Waals surface area contributed by atoms with E-state index in [-0.39, 0.29) is 12.6 Å². The van der Waals surface area contributed by atoms with Crippen LogP contribution >= 0.6 is 0 Å². The fourth-order valence-electron chi connectivity index (χ4n) is 3.52. The number of carbonyl (C=O) groups is 2. The number of imidazole rings is 1. The van der Waals surface area contributed by atoms with Gasteiger partial charge >= 0.3 is 12.1 Å². The summed E-state index contributed by atoms with van der Waals surface area (Å²) in [7, 11) is 1.54. The van der Waals surface area contributed by atoms with E-state index in [0.717, 1.165) is 11.1 Å². The van der Waals surface area contributed by atoms with Crippen molar-refractivity contribution in [2.75, 3.05) is 36.8 Å². The third kappa shape index (κ3) is 5.75. The number of benzene rings is 2. The van der Waals surface area contributed by atoms with E-state index in [1.54, 1.807) is 42.6 Å². The standard InChI is InChI=1S/C23H26N6O5/c1-32-21-10-17(5-6-19(21)20-12-25-14-29(20)24)28-22(30)27-16-4-2-3-15(9-16)11-26-23(31)34-18-7-8-33-13-18/h2-6,9-10,12,14,18H,7-8,11,13,24H2,1H3,(H,26,31)(H2,27,28,30)/t18-/m0/s1. The maximum absolute atomic E-state index is 12.5. The zero-order chi connectivity index (χ0) is 23.9. The van der Waals surface area contributed by atoms with Crippen LogP contribution in [0.2, 0.25) is 0 Å². The van der Waals surface area contributed by atoms with Gasteiger partial charge in [0.1, 0.15) is 18.2 Å². The molecule has 1 atom stereocenters. The molecular weight excluding hydrogens is 440 g/mol. The summed E-state index contributed by atoms with van der Waals surface area (Å²) in [5.41, 5.74) is 3.34. The molecule has 2 heterocycles. The minimum atomic E-state index is -0.498. The first-order chi connectivity index (χ1) is 16.5. The summed E-state index contributed by atoms with van der Waals surface area (Å²) < 4.78 is 17.3. The van der Waals surface area contributed by atoms with E-state index in [1.165, 1.54) is 18.1 Å². The molecule has 178 valence electrons. The number of methoxy groups -OCH3 is 1. The molecule has 5 N–H and O–H groups in total. The van der Waals surface area contributed by atoms with Crippen molar-refractivity contribution in [1.82, 2.24) is 15.0 Å². The Morgan fingerprint density at radius 2 is 2.03 bits per heavy atom. The van der Waals surface area contributed by atoms with Crippen molar-refractivity contribution in [3.63, 3.8) is 0 Å². The second kappa shape index (κ2) is 10.6. The van der Waals surface area contributed by atoms with Crippen molar-refractivity contribution < 1.29 is 23.8 Å². The number of nitrogen functional groups attached to an aromatic ring is 1. The highest BCUT2D eigenvalue weighted by Gasteiger charge is 2.19. The lowest BCUT2D eigenvalue weighted by molar-refractivity contribution is 0.0828. The van der Waals surface area contributed by atoms with Gasteiger partial charge in [-0.05, 0) is 29.8 Å². The first-order valence-electron chi connectivity index (χ1n) is 10.7. The van der Waals surface area contributed by atoms with Gasteiger partial charge in [0.15, 0.2) is 0 Å². The number of hydrogen-bond acceptors (Lipinski definition) is 7. The largest absolute Gasteiger partial charge is 0.496 e. The number of urea groups is 1. The summed E-state index contributed by atoms with van der Waals surface area (Å²) in [6.45, 7) is 1.29. The molecular formula is C23H26N6O5. The molecule has 1 aliphatic heterocycles. The van der Waals surface area contributed by atoms with Crippen LogP contribution in [-0.2, 0) is 16.0 Å². The Balaban J connectivity index is 1.33. The van der Waals surface area contributed by atoms with Crippen molar-refractivity contribution in [2.45, 2.75) is 19.1 Å². The average Bonchev–Trinajstić information content (AvgIpc) is 3.49. The Labute approximate surface area is 196 Å². The molecule has 1 aromatic heterocycles. The Morgan fingerprint density at radius 1 is 1.21 bits per heavy atom. The van der Waals surface area contributed by atoms with E-state index in [9.17, 15) is 9.59 Å². The number of nitrogens with one attached hydrogen (secondary N) is 3. The third-order valence-electron chi connectivity index (χ3n) is 5.18. The summed E-state index contributed by atoms with van der Waals surface area (Å²) in [5, 5.41) is 8.26. The number of nitrogens with zero attached hydrogens (tertiary/aromatic N) is 2. The second-order valence-electron chi connectivity index (χ2n) is 7.63. The van der Waals surface area contributed by atoms with Crippen LogP contribution in [0, 0.1) is 0 Å². The fraction of sp³-hybridized carbons (Fsp3) is 0.261. The molecule has 0 unspecified atom stereocenters. The molecule has 0 radical (unpaired) electrons. The molecule has 2 aromatic carbocycles. The van der Waals surface area contributed by atoms with Crippen LogP contribution in [0.15, 0.2) is 55.0 Å². The molecule has 4 rings (SSSR count).